The van der Waals surface area contributed by atoms with Crippen LogP contribution in [0, 0.1) is 11.3 Å². The van der Waals surface area contributed by atoms with Crippen molar-refractivity contribution in [2.75, 3.05) is 58.8 Å². The molecule has 2 fully saturated rings. The highest BCUT2D eigenvalue weighted by molar-refractivity contribution is 14.0. The quantitative estimate of drug-likeness (QED) is 0.292. The zero-order chi connectivity index (χ0) is 22.3. The zero-order valence-electron chi connectivity index (χ0n) is 20.0. The number of aliphatic imine (C=N–C) groups is 1. The summed E-state index contributed by atoms with van der Waals surface area (Å²) < 4.78 is 5.53. The molecule has 2 N–H and O–H groups in total. The molecule has 1 amide bonds. The molecule has 0 radical (unpaired) electrons. The number of nitrogens with zero attached hydrogens (tertiary/aromatic N) is 3. The predicted octanol–water partition coefficient (Wildman–Crippen LogP) is 3.34. The van der Waals surface area contributed by atoms with Gasteiger partial charge in [0.1, 0.15) is 5.75 Å². The van der Waals surface area contributed by atoms with Crippen LogP contribution in [0.4, 0.5) is 5.69 Å². The molecule has 0 bridgehead atoms. The number of carbonyl (C=O) groups excluding carboxylic acids is 1. The Hall–Kier alpha value is -1.71. The number of halogens is 1. The summed E-state index contributed by atoms with van der Waals surface area (Å²) in [5.74, 6) is 2.50. The average molecular weight is 558 g/mol. The smallest absolute Gasteiger partial charge is 0.230 e. The highest BCUT2D eigenvalue weighted by Gasteiger charge is 2.42. The third kappa shape index (κ3) is 6.42. The van der Waals surface area contributed by atoms with Gasteiger partial charge in [0.15, 0.2) is 5.96 Å². The minimum absolute atomic E-state index is 0. The molecule has 7 nitrogen and oxygen atoms in total. The van der Waals surface area contributed by atoms with Gasteiger partial charge in [-0.15, -0.1) is 24.0 Å². The Morgan fingerprint density at radius 2 is 1.97 bits per heavy atom. The Bertz CT molecular complexity index is 765. The van der Waals surface area contributed by atoms with Crippen molar-refractivity contribution in [1.29, 1.82) is 0 Å². The van der Waals surface area contributed by atoms with Crippen molar-refractivity contribution in [3.05, 3.63) is 24.3 Å². The van der Waals surface area contributed by atoms with Crippen LogP contribution < -0.4 is 20.3 Å². The molecule has 1 saturated carbocycles. The van der Waals surface area contributed by atoms with Crippen molar-refractivity contribution in [3.63, 3.8) is 0 Å². The van der Waals surface area contributed by atoms with Crippen molar-refractivity contribution < 1.29 is 9.53 Å². The van der Waals surface area contributed by atoms with Crippen molar-refractivity contribution in [2.24, 2.45) is 16.3 Å². The Balaban J connectivity index is 0.00000363. The average Bonchev–Trinajstić information content (AvgIpc) is 3.45. The van der Waals surface area contributed by atoms with Crippen LogP contribution >= 0.6 is 24.0 Å². The van der Waals surface area contributed by atoms with Crippen LogP contribution in [0.15, 0.2) is 29.3 Å². The fourth-order valence-electron chi connectivity index (χ4n) is 4.89. The minimum atomic E-state index is -0.333. The molecule has 0 aromatic heterocycles. The third-order valence-electron chi connectivity index (χ3n) is 6.57. The summed E-state index contributed by atoms with van der Waals surface area (Å²) in [6, 6.07) is 8.22. The van der Waals surface area contributed by atoms with E-state index in [1.54, 1.807) is 12.0 Å². The number of ether oxygens (including phenoxy) is 1. The first-order chi connectivity index (χ1) is 15.0. The molecule has 180 valence electrons. The summed E-state index contributed by atoms with van der Waals surface area (Å²) in [6.45, 7) is 6.32. The molecular weight excluding hydrogens is 517 g/mol. The summed E-state index contributed by atoms with van der Waals surface area (Å²) in [4.78, 5) is 21.8. The van der Waals surface area contributed by atoms with Crippen LogP contribution in [0.2, 0.25) is 0 Å². The second-order valence-corrected chi connectivity index (χ2v) is 9.04. The predicted molar refractivity (Wildman–Crippen MR) is 142 cm³/mol. The maximum Gasteiger partial charge on any atom is 0.230 e. The fourth-order valence-corrected chi connectivity index (χ4v) is 4.89. The third-order valence-corrected chi connectivity index (χ3v) is 6.57. The van der Waals surface area contributed by atoms with Crippen LogP contribution in [-0.4, -0.2) is 70.7 Å². The van der Waals surface area contributed by atoms with Gasteiger partial charge >= 0.3 is 0 Å². The van der Waals surface area contributed by atoms with E-state index in [2.05, 4.69) is 34.6 Å². The van der Waals surface area contributed by atoms with Gasteiger partial charge in [-0.05, 0) is 44.2 Å². The maximum absolute atomic E-state index is 12.8. The van der Waals surface area contributed by atoms with Gasteiger partial charge in [-0.25, -0.2) is 0 Å². The molecule has 0 spiro atoms. The highest BCUT2D eigenvalue weighted by atomic mass is 127. The molecule has 1 aliphatic carbocycles. The number of nitrogens with one attached hydrogen (secondary N) is 2. The maximum atomic E-state index is 12.8. The Morgan fingerprint density at radius 1 is 1.25 bits per heavy atom. The molecule has 1 aliphatic heterocycles. The number of benzene rings is 1. The van der Waals surface area contributed by atoms with Gasteiger partial charge < -0.3 is 25.2 Å². The second kappa shape index (κ2) is 12.5. The van der Waals surface area contributed by atoms with Crippen molar-refractivity contribution >= 4 is 41.5 Å². The van der Waals surface area contributed by atoms with Crippen molar-refractivity contribution in [3.8, 4) is 5.75 Å². The summed E-state index contributed by atoms with van der Waals surface area (Å²) in [7, 11) is 5.43. The normalized spacial score (nSPS) is 19.9. The molecule has 3 rings (SSSR count). The summed E-state index contributed by atoms with van der Waals surface area (Å²) in [5, 5.41) is 6.89. The van der Waals surface area contributed by atoms with Crippen LogP contribution in [0.25, 0.3) is 0 Å². The topological polar surface area (TPSA) is 69.2 Å². The number of carbonyl (C=O) groups is 1. The first-order valence-electron chi connectivity index (χ1n) is 11.6. The van der Waals surface area contributed by atoms with E-state index in [4.69, 9.17) is 9.73 Å². The van der Waals surface area contributed by atoms with Crippen molar-refractivity contribution in [2.45, 2.75) is 39.0 Å². The molecule has 1 aromatic carbocycles. The molecule has 1 aromatic rings. The Morgan fingerprint density at radius 3 is 2.62 bits per heavy atom. The molecule has 1 atom stereocenters. The van der Waals surface area contributed by atoms with E-state index in [1.807, 2.05) is 26.2 Å². The minimum Gasteiger partial charge on any atom is -0.495 e. The monoisotopic (exact) mass is 557 g/mol. The van der Waals surface area contributed by atoms with Crippen LogP contribution in [0.1, 0.15) is 39.0 Å². The highest BCUT2D eigenvalue weighted by Crippen LogP contribution is 2.39. The molecule has 1 saturated heterocycles. The standard InChI is InChI=1S/C24H39N5O2.HI/c1-5-25-23(27-18-24(13-8-9-14-24)22(30)28(2)3)26-16-19-12-15-29(17-19)20-10-6-7-11-21(20)31-4;/h6-7,10-11,19H,5,8-9,12-18H2,1-4H3,(H2,25,26,27);1H. The van der Waals surface area contributed by atoms with E-state index < -0.39 is 0 Å². The molecule has 8 heteroatoms. The van der Waals surface area contributed by atoms with Gasteiger partial charge in [-0.1, -0.05) is 25.0 Å². The number of rotatable bonds is 8. The molecule has 2 aliphatic rings. The number of guanidine groups is 1. The van der Waals surface area contributed by atoms with Crippen LogP contribution in [0.5, 0.6) is 5.75 Å². The van der Waals surface area contributed by atoms with Crippen LogP contribution in [0.3, 0.4) is 0 Å². The van der Waals surface area contributed by atoms with E-state index in [1.165, 1.54) is 5.69 Å². The van der Waals surface area contributed by atoms with Crippen molar-refractivity contribution in [1.82, 2.24) is 15.5 Å². The number of hydrogen-bond acceptors (Lipinski definition) is 4. The van der Waals surface area contributed by atoms with Gasteiger partial charge in [0, 0.05) is 40.3 Å². The van der Waals surface area contributed by atoms with Gasteiger partial charge in [0.05, 0.1) is 24.8 Å². The lowest BCUT2D eigenvalue weighted by molar-refractivity contribution is -0.138. The summed E-state index contributed by atoms with van der Waals surface area (Å²) >= 11 is 0. The van der Waals surface area contributed by atoms with Gasteiger partial charge in [0.2, 0.25) is 5.91 Å². The van der Waals surface area contributed by atoms with Gasteiger partial charge in [-0.2, -0.15) is 0 Å². The molecule has 1 unspecified atom stereocenters. The first kappa shape index (κ1) is 26.5. The lowest BCUT2D eigenvalue weighted by atomic mass is 9.85. The Labute approximate surface area is 210 Å². The number of methoxy groups -OCH3 is 1. The van der Waals surface area contributed by atoms with E-state index >= 15 is 0 Å². The lowest BCUT2D eigenvalue weighted by Crippen LogP contribution is -2.44. The van der Waals surface area contributed by atoms with E-state index in [-0.39, 0.29) is 35.3 Å². The largest absolute Gasteiger partial charge is 0.495 e. The number of amides is 1. The number of anilines is 1. The van der Waals surface area contributed by atoms with Gasteiger partial charge in [0.25, 0.3) is 0 Å². The first-order valence-corrected chi connectivity index (χ1v) is 11.6. The second-order valence-electron chi connectivity index (χ2n) is 9.04. The SMILES string of the molecule is CCNC(=NCC1(C(=O)N(C)C)CCCC1)NCC1CCN(c2ccccc2OC)C1.I. The fraction of sp³-hybridized carbons (Fsp3) is 0.667. The van der Waals surface area contributed by atoms with E-state index in [9.17, 15) is 4.79 Å². The summed E-state index contributed by atoms with van der Waals surface area (Å²) in [5.41, 5.74) is 0.832. The molecule has 32 heavy (non-hydrogen) atoms. The van der Waals surface area contributed by atoms with E-state index in [0.29, 0.717) is 12.5 Å². The number of hydrogen-bond donors (Lipinski definition) is 2. The van der Waals surface area contributed by atoms with E-state index in [0.717, 1.165) is 70.0 Å². The molecular formula is C24H40IN5O2. The summed E-state index contributed by atoms with van der Waals surface area (Å²) in [6.07, 6.45) is 5.22. The Kier molecular flexibility index (Phi) is 10.4. The lowest BCUT2D eigenvalue weighted by Gasteiger charge is -2.29. The van der Waals surface area contributed by atoms with Gasteiger partial charge in [-0.3, -0.25) is 9.79 Å². The molecule has 1 heterocycles. The zero-order valence-corrected chi connectivity index (χ0v) is 22.4. The van der Waals surface area contributed by atoms with Crippen LogP contribution in [-0.2, 0) is 4.79 Å². The number of para-hydroxylation sites is 2.